The fourth-order valence-corrected chi connectivity index (χ4v) is 3.54. The maximum atomic E-state index is 12.2. The number of rotatable bonds is 5. The highest BCUT2D eigenvalue weighted by Gasteiger charge is 2.14. The number of amides is 1. The summed E-state index contributed by atoms with van der Waals surface area (Å²) in [6.07, 6.45) is 3.17. The number of aromatic nitrogens is 2. The molecular formula is C18H16ClN3O2S. The van der Waals surface area contributed by atoms with Crippen molar-refractivity contribution in [1.29, 1.82) is 0 Å². The molecule has 3 aromatic rings. The molecule has 0 aliphatic carbocycles. The third-order valence-corrected chi connectivity index (χ3v) is 4.83. The van der Waals surface area contributed by atoms with Gasteiger partial charge in [0.05, 0.1) is 39.8 Å². The third-order valence-electron chi connectivity index (χ3n) is 3.56. The van der Waals surface area contributed by atoms with Crippen LogP contribution >= 0.6 is 22.9 Å². The molecule has 5 nitrogen and oxygen atoms in total. The first-order valence-electron chi connectivity index (χ1n) is 7.57. The van der Waals surface area contributed by atoms with Crippen molar-refractivity contribution in [3.8, 4) is 17.0 Å². The summed E-state index contributed by atoms with van der Waals surface area (Å²) in [4.78, 5) is 21.7. The number of benzene rings is 1. The van der Waals surface area contributed by atoms with E-state index < -0.39 is 0 Å². The Morgan fingerprint density at radius 1 is 1.36 bits per heavy atom. The molecule has 128 valence electrons. The summed E-state index contributed by atoms with van der Waals surface area (Å²) < 4.78 is 5.19. The van der Waals surface area contributed by atoms with E-state index in [4.69, 9.17) is 16.3 Å². The van der Waals surface area contributed by atoms with Gasteiger partial charge in [0.1, 0.15) is 5.75 Å². The summed E-state index contributed by atoms with van der Waals surface area (Å²) in [6, 6.07) is 9.00. The number of hydrogen-bond donors (Lipinski definition) is 1. The summed E-state index contributed by atoms with van der Waals surface area (Å²) in [5.41, 5.74) is 2.23. The van der Waals surface area contributed by atoms with Gasteiger partial charge in [0.25, 0.3) is 5.91 Å². The molecule has 3 rings (SSSR count). The average Bonchev–Trinajstić information content (AvgIpc) is 3.01. The molecule has 7 heteroatoms. The molecule has 0 spiro atoms. The van der Waals surface area contributed by atoms with Crippen molar-refractivity contribution in [2.24, 2.45) is 0 Å². The molecule has 2 heterocycles. The van der Waals surface area contributed by atoms with Crippen LogP contribution in [0.15, 0.2) is 42.7 Å². The lowest BCUT2D eigenvalue weighted by atomic mass is 10.1. The van der Waals surface area contributed by atoms with Crippen LogP contribution in [-0.2, 0) is 6.54 Å². The highest BCUT2D eigenvalue weighted by molar-refractivity contribution is 7.12. The highest BCUT2D eigenvalue weighted by atomic mass is 35.5. The zero-order chi connectivity index (χ0) is 17.8. The van der Waals surface area contributed by atoms with Gasteiger partial charge >= 0.3 is 0 Å². The van der Waals surface area contributed by atoms with Crippen molar-refractivity contribution in [2.45, 2.75) is 13.5 Å². The molecule has 0 saturated heterocycles. The minimum Gasteiger partial charge on any atom is -0.495 e. The second-order valence-electron chi connectivity index (χ2n) is 5.28. The van der Waals surface area contributed by atoms with E-state index >= 15 is 0 Å². The monoisotopic (exact) mass is 373 g/mol. The number of ether oxygens (including phenoxy) is 1. The van der Waals surface area contributed by atoms with Gasteiger partial charge in [-0.1, -0.05) is 11.6 Å². The van der Waals surface area contributed by atoms with Gasteiger partial charge in [0.2, 0.25) is 0 Å². The van der Waals surface area contributed by atoms with E-state index in [1.165, 1.54) is 6.20 Å². The fraction of sp³-hybridized carbons (Fsp3) is 0.167. The van der Waals surface area contributed by atoms with Crippen molar-refractivity contribution in [1.82, 2.24) is 15.3 Å². The number of halogens is 1. The maximum Gasteiger partial charge on any atom is 0.253 e. The highest BCUT2D eigenvalue weighted by Crippen LogP contribution is 2.33. The van der Waals surface area contributed by atoms with E-state index in [0.717, 1.165) is 21.1 Å². The number of thiazole rings is 1. The van der Waals surface area contributed by atoms with Gasteiger partial charge in [-0.2, -0.15) is 0 Å². The Morgan fingerprint density at radius 2 is 2.20 bits per heavy atom. The molecular weight excluding hydrogens is 358 g/mol. The molecule has 2 aromatic heterocycles. The van der Waals surface area contributed by atoms with E-state index in [1.54, 1.807) is 36.8 Å². The molecule has 0 radical (unpaired) electrons. The lowest BCUT2D eigenvalue weighted by molar-refractivity contribution is 0.0951. The zero-order valence-electron chi connectivity index (χ0n) is 13.7. The van der Waals surface area contributed by atoms with Gasteiger partial charge in [-0.25, -0.2) is 4.98 Å². The summed E-state index contributed by atoms with van der Waals surface area (Å²) in [5.74, 6) is 0.446. The predicted molar refractivity (Wildman–Crippen MR) is 99.3 cm³/mol. The van der Waals surface area contributed by atoms with Gasteiger partial charge in [-0.15, -0.1) is 11.3 Å². The predicted octanol–water partition coefficient (Wildman–Crippen LogP) is 4.11. The Bertz CT molecular complexity index is 897. The van der Waals surface area contributed by atoms with Crippen LogP contribution in [0.3, 0.4) is 0 Å². The lowest BCUT2D eigenvalue weighted by Gasteiger charge is -2.07. The second-order valence-corrected chi connectivity index (χ2v) is 6.97. The van der Waals surface area contributed by atoms with Crippen LogP contribution in [0.5, 0.6) is 5.75 Å². The summed E-state index contributed by atoms with van der Waals surface area (Å²) in [6.45, 7) is 2.32. The standard InChI is InChI=1S/C18H16ClN3O2S/c1-11-22-17(12-5-6-15(24-2)14(19)8-12)16(25-11)10-21-18(23)13-4-3-7-20-9-13/h3-9H,10H2,1-2H3,(H,21,23). The van der Waals surface area contributed by atoms with Crippen molar-refractivity contribution >= 4 is 28.8 Å². The number of hydrogen-bond acceptors (Lipinski definition) is 5. The summed E-state index contributed by atoms with van der Waals surface area (Å²) in [7, 11) is 1.58. The van der Waals surface area contributed by atoms with Gasteiger partial charge in [0.15, 0.2) is 0 Å². The van der Waals surface area contributed by atoms with Gasteiger partial charge < -0.3 is 10.1 Å². The molecule has 0 aliphatic heterocycles. The second kappa shape index (κ2) is 7.63. The van der Waals surface area contributed by atoms with Crippen LogP contribution in [0.2, 0.25) is 5.02 Å². The molecule has 1 N–H and O–H groups in total. The van der Waals surface area contributed by atoms with Gasteiger partial charge in [-0.3, -0.25) is 9.78 Å². The first-order valence-corrected chi connectivity index (χ1v) is 8.76. The van der Waals surface area contributed by atoms with Crippen LogP contribution in [0.4, 0.5) is 0 Å². The Balaban J connectivity index is 1.82. The van der Waals surface area contributed by atoms with E-state index in [-0.39, 0.29) is 5.91 Å². The van der Waals surface area contributed by atoms with Gasteiger partial charge in [-0.05, 0) is 37.3 Å². The number of methoxy groups -OCH3 is 1. The van der Waals surface area contributed by atoms with Crippen LogP contribution in [0, 0.1) is 6.92 Å². The minimum absolute atomic E-state index is 0.169. The average molecular weight is 374 g/mol. The zero-order valence-corrected chi connectivity index (χ0v) is 15.3. The molecule has 0 aliphatic rings. The van der Waals surface area contributed by atoms with E-state index in [0.29, 0.717) is 22.9 Å². The van der Waals surface area contributed by atoms with Crippen molar-refractivity contribution in [3.63, 3.8) is 0 Å². The quantitative estimate of drug-likeness (QED) is 0.731. The number of carbonyl (C=O) groups is 1. The Kier molecular flexibility index (Phi) is 5.31. The van der Waals surface area contributed by atoms with E-state index in [2.05, 4.69) is 15.3 Å². The Morgan fingerprint density at radius 3 is 2.88 bits per heavy atom. The molecule has 0 atom stereocenters. The smallest absolute Gasteiger partial charge is 0.253 e. The van der Waals surface area contributed by atoms with Crippen LogP contribution in [-0.4, -0.2) is 23.0 Å². The molecule has 25 heavy (non-hydrogen) atoms. The third kappa shape index (κ3) is 3.97. The first-order chi connectivity index (χ1) is 12.1. The molecule has 0 fully saturated rings. The molecule has 1 amide bonds. The maximum absolute atomic E-state index is 12.2. The summed E-state index contributed by atoms with van der Waals surface area (Å²) in [5, 5.41) is 4.36. The number of aryl methyl sites for hydroxylation is 1. The van der Waals surface area contributed by atoms with Crippen LogP contribution in [0.25, 0.3) is 11.3 Å². The fourth-order valence-electron chi connectivity index (χ4n) is 2.39. The van der Waals surface area contributed by atoms with Crippen molar-refractivity contribution in [2.75, 3.05) is 7.11 Å². The Labute approximate surface area is 154 Å². The van der Waals surface area contributed by atoms with E-state index in [1.807, 2.05) is 25.1 Å². The van der Waals surface area contributed by atoms with Gasteiger partial charge in [0, 0.05) is 18.0 Å². The number of nitrogens with one attached hydrogen (secondary N) is 1. The Hall–Kier alpha value is -2.44. The topological polar surface area (TPSA) is 64.1 Å². The van der Waals surface area contributed by atoms with E-state index in [9.17, 15) is 4.79 Å². The van der Waals surface area contributed by atoms with Crippen LogP contribution < -0.4 is 10.1 Å². The molecule has 0 unspecified atom stereocenters. The molecule has 0 saturated carbocycles. The molecule has 1 aromatic carbocycles. The number of nitrogens with zero attached hydrogens (tertiary/aromatic N) is 2. The lowest BCUT2D eigenvalue weighted by Crippen LogP contribution is -2.22. The first kappa shape index (κ1) is 17.4. The molecule has 0 bridgehead atoms. The van der Waals surface area contributed by atoms with Crippen LogP contribution in [0.1, 0.15) is 20.2 Å². The minimum atomic E-state index is -0.169. The summed E-state index contributed by atoms with van der Waals surface area (Å²) >= 11 is 7.77. The van der Waals surface area contributed by atoms with Crippen molar-refractivity contribution < 1.29 is 9.53 Å². The number of pyridine rings is 1. The van der Waals surface area contributed by atoms with Crippen molar-refractivity contribution in [3.05, 3.63) is 63.2 Å². The largest absolute Gasteiger partial charge is 0.495 e. The number of carbonyl (C=O) groups excluding carboxylic acids is 1. The SMILES string of the molecule is COc1ccc(-c2nc(C)sc2CNC(=O)c2cccnc2)cc1Cl. The normalized spacial score (nSPS) is 10.5.